The van der Waals surface area contributed by atoms with Crippen molar-refractivity contribution in [2.45, 2.75) is 13.8 Å². The second-order valence-corrected chi connectivity index (χ2v) is 5.31. The van der Waals surface area contributed by atoms with Gasteiger partial charge in [0.2, 0.25) is 17.6 Å². The van der Waals surface area contributed by atoms with Gasteiger partial charge >= 0.3 is 5.69 Å². The Morgan fingerprint density at radius 1 is 1.23 bits per heavy atom. The maximum atomic E-state index is 13.1. The van der Waals surface area contributed by atoms with Gasteiger partial charge in [-0.15, -0.1) is 11.3 Å². The van der Waals surface area contributed by atoms with Crippen LogP contribution in [0.5, 0.6) is 0 Å². The van der Waals surface area contributed by atoms with Crippen molar-refractivity contribution < 1.29 is 18.9 Å². The van der Waals surface area contributed by atoms with Crippen LogP contribution < -0.4 is 4.90 Å². The molecule has 0 atom stereocenters. The molecule has 9 heteroatoms. The lowest BCUT2D eigenvalue weighted by Gasteiger charge is -2.16. The van der Waals surface area contributed by atoms with Crippen molar-refractivity contribution in [2.75, 3.05) is 4.90 Å². The Kier molecular flexibility index (Phi) is 4.27. The van der Waals surface area contributed by atoms with Gasteiger partial charge in [0.25, 0.3) is 0 Å². The molecular weight excluding hydrogens is 313 g/mol. The molecule has 0 saturated heterocycles. The number of pyridine rings is 1. The monoisotopic (exact) mass is 323 g/mol. The lowest BCUT2D eigenvalue weighted by atomic mass is 10.2. The summed E-state index contributed by atoms with van der Waals surface area (Å²) in [5.74, 6) is -1.77. The van der Waals surface area contributed by atoms with Gasteiger partial charge in [0.1, 0.15) is 0 Å². The first-order valence-corrected chi connectivity index (χ1v) is 6.85. The number of halogens is 1. The summed E-state index contributed by atoms with van der Waals surface area (Å²) in [6, 6.07) is 5.17. The van der Waals surface area contributed by atoms with E-state index in [-0.39, 0.29) is 11.5 Å². The summed E-state index contributed by atoms with van der Waals surface area (Å²) >= 11 is 0.805. The molecule has 0 fully saturated rings. The zero-order chi connectivity index (χ0) is 16.4. The molecule has 2 aromatic heterocycles. The molecule has 0 radical (unpaired) electrons. The molecule has 0 bridgehead atoms. The number of rotatable bonds is 3. The highest BCUT2D eigenvalue weighted by Crippen LogP contribution is 2.32. The first-order valence-electron chi connectivity index (χ1n) is 6.03. The van der Waals surface area contributed by atoms with Crippen LogP contribution in [0.15, 0.2) is 24.3 Å². The number of thiophene rings is 1. The standard InChI is InChI=1S/C13H10FN3O4S/c1-7(18)16(8(2)19)13-10(17(20)21)4-3-9(15-13)11-5-6-12(14)22-11/h3-6H,1-2H3. The first-order chi connectivity index (χ1) is 10.3. The topological polar surface area (TPSA) is 93.4 Å². The van der Waals surface area contributed by atoms with Crippen molar-refractivity contribution in [1.82, 2.24) is 4.98 Å². The van der Waals surface area contributed by atoms with E-state index in [0.29, 0.717) is 9.78 Å². The number of amides is 2. The third kappa shape index (κ3) is 2.98. The SMILES string of the molecule is CC(=O)N(C(C)=O)c1nc(-c2ccc(F)s2)ccc1[N+](=O)[O-]. The van der Waals surface area contributed by atoms with Crippen LogP contribution in [0.3, 0.4) is 0 Å². The van der Waals surface area contributed by atoms with Gasteiger partial charge in [0.05, 0.1) is 15.5 Å². The number of nitro groups is 1. The van der Waals surface area contributed by atoms with E-state index in [4.69, 9.17) is 0 Å². The van der Waals surface area contributed by atoms with Crippen molar-refractivity contribution >= 4 is 34.7 Å². The normalized spacial score (nSPS) is 10.3. The fraction of sp³-hybridized carbons (Fsp3) is 0.154. The minimum atomic E-state index is -0.736. The van der Waals surface area contributed by atoms with E-state index in [9.17, 15) is 24.1 Å². The van der Waals surface area contributed by atoms with E-state index in [1.807, 2.05) is 0 Å². The molecule has 0 unspecified atom stereocenters. The van der Waals surface area contributed by atoms with Crippen LogP contribution in [0.2, 0.25) is 0 Å². The van der Waals surface area contributed by atoms with Crippen LogP contribution in [0, 0.1) is 15.2 Å². The summed E-state index contributed by atoms with van der Waals surface area (Å²) in [6.45, 7) is 2.20. The van der Waals surface area contributed by atoms with E-state index in [1.165, 1.54) is 18.2 Å². The average molecular weight is 323 g/mol. The van der Waals surface area contributed by atoms with Crippen LogP contribution in [0.4, 0.5) is 15.9 Å². The van der Waals surface area contributed by atoms with Gasteiger partial charge < -0.3 is 0 Å². The largest absolute Gasteiger partial charge is 0.312 e. The third-order valence-corrected chi connectivity index (χ3v) is 3.61. The van der Waals surface area contributed by atoms with Gasteiger partial charge in [0.15, 0.2) is 5.13 Å². The Morgan fingerprint density at radius 3 is 2.32 bits per heavy atom. The van der Waals surface area contributed by atoms with E-state index in [0.717, 1.165) is 31.3 Å². The highest BCUT2D eigenvalue weighted by atomic mass is 32.1. The maximum absolute atomic E-state index is 13.1. The fourth-order valence-electron chi connectivity index (χ4n) is 1.86. The molecule has 0 aliphatic heterocycles. The summed E-state index contributed by atoms with van der Waals surface area (Å²) < 4.78 is 13.1. The fourth-order valence-corrected chi connectivity index (χ4v) is 2.56. The van der Waals surface area contributed by atoms with Gasteiger partial charge in [-0.25, -0.2) is 9.88 Å². The van der Waals surface area contributed by atoms with E-state index in [1.54, 1.807) is 0 Å². The summed E-state index contributed by atoms with van der Waals surface area (Å²) in [5, 5.41) is 10.6. The molecule has 2 heterocycles. The average Bonchev–Trinajstić information content (AvgIpc) is 2.84. The van der Waals surface area contributed by atoms with Gasteiger partial charge in [-0.3, -0.25) is 19.7 Å². The first kappa shape index (κ1) is 15.7. The van der Waals surface area contributed by atoms with E-state index >= 15 is 0 Å². The number of carbonyl (C=O) groups is 2. The van der Waals surface area contributed by atoms with Gasteiger partial charge in [-0.05, 0) is 18.2 Å². The lowest BCUT2D eigenvalue weighted by molar-refractivity contribution is -0.384. The highest BCUT2D eigenvalue weighted by Gasteiger charge is 2.28. The highest BCUT2D eigenvalue weighted by molar-refractivity contribution is 7.13. The smallest absolute Gasteiger partial charge is 0.274 e. The number of imide groups is 1. The second-order valence-electron chi connectivity index (χ2n) is 4.27. The van der Waals surface area contributed by atoms with Gasteiger partial charge in [-0.1, -0.05) is 0 Å². The lowest BCUT2D eigenvalue weighted by Crippen LogP contribution is -2.34. The second kappa shape index (κ2) is 5.98. The molecule has 0 aliphatic carbocycles. The number of carbonyl (C=O) groups excluding carboxylic acids is 2. The molecular formula is C13H10FN3O4S. The summed E-state index contributed by atoms with van der Waals surface area (Å²) in [7, 11) is 0. The zero-order valence-corrected chi connectivity index (χ0v) is 12.4. The molecule has 2 amide bonds. The molecule has 0 aliphatic rings. The van der Waals surface area contributed by atoms with Crippen LogP contribution in [-0.4, -0.2) is 21.7 Å². The molecule has 0 aromatic carbocycles. The molecule has 2 rings (SSSR count). The molecule has 0 N–H and O–H groups in total. The molecule has 114 valence electrons. The van der Waals surface area contributed by atoms with Crippen LogP contribution >= 0.6 is 11.3 Å². The van der Waals surface area contributed by atoms with Crippen LogP contribution in [0.1, 0.15) is 13.8 Å². The Bertz CT molecular complexity index is 760. The van der Waals surface area contributed by atoms with Gasteiger partial charge in [-0.2, -0.15) is 4.39 Å². The molecule has 0 saturated carbocycles. The van der Waals surface area contributed by atoms with Crippen molar-refractivity contribution in [1.29, 1.82) is 0 Å². The van der Waals surface area contributed by atoms with Crippen molar-refractivity contribution in [3.63, 3.8) is 0 Å². The summed E-state index contributed by atoms with van der Waals surface area (Å²) in [5.41, 5.74) is -0.242. The predicted octanol–water partition coefficient (Wildman–Crippen LogP) is 2.76. The number of hydrogen-bond acceptors (Lipinski definition) is 6. The zero-order valence-electron chi connectivity index (χ0n) is 11.6. The molecule has 7 nitrogen and oxygen atoms in total. The van der Waals surface area contributed by atoms with E-state index in [2.05, 4.69) is 4.98 Å². The van der Waals surface area contributed by atoms with E-state index < -0.39 is 27.6 Å². The minimum Gasteiger partial charge on any atom is -0.274 e. The Balaban J connectivity index is 2.65. The third-order valence-electron chi connectivity index (χ3n) is 2.72. The number of nitrogens with zero attached hydrogens (tertiary/aromatic N) is 3. The van der Waals surface area contributed by atoms with Crippen molar-refractivity contribution in [3.8, 4) is 10.6 Å². The summed E-state index contributed by atoms with van der Waals surface area (Å²) in [4.78, 5) is 38.6. The molecule has 22 heavy (non-hydrogen) atoms. The number of hydrogen-bond donors (Lipinski definition) is 0. The minimum absolute atomic E-state index is 0.238. The Morgan fingerprint density at radius 2 is 1.86 bits per heavy atom. The molecule has 0 spiro atoms. The number of anilines is 1. The van der Waals surface area contributed by atoms with Crippen LogP contribution in [0.25, 0.3) is 10.6 Å². The maximum Gasteiger partial charge on any atom is 0.312 e. The quantitative estimate of drug-likeness (QED) is 0.639. The predicted molar refractivity (Wildman–Crippen MR) is 78.0 cm³/mol. The van der Waals surface area contributed by atoms with Crippen LogP contribution in [-0.2, 0) is 9.59 Å². The Hall–Kier alpha value is -2.68. The van der Waals surface area contributed by atoms with Crippen molar-refractivity contribution in [2.24, 2.45) is 0 Å². The van der Waals surface area contributed by atoms with Gasteiger partial charge in [0, 0.05) is 19.9 Å². The number of aromatic nitrogens is 1. The Labute approximate surface area is 128 Å². The molecule has 2 aromatic rings. The van der Waals surface area contributed by atoms with Crippen molar-refractivity contribution in [3.05, 3.63) is 39.5 Å². The summed E-state index contributed by atoms with van der Waals surface area (Å²) in [6.07, 6.45) is 0.